The predicted octanol–water partition coefficient (Wildman–Crippen LogP) is 4.58. The van der Waals surface area contributed by atoms with E-state index in [0.29, 0.717) is 11.3 Å². The Morgan fingerprint density at radius 2 is 2.07 bits per heavy atom. The van der Waals surface area contributed by atoms with Crippen molar-refractivity contribution in [2.75, 3.05) is 0 Å². The second-order valence-electron chi connectivity index (χ2n) is 5.87. The van der Waals surface area contributed by atoms with Crippen molar-refractivity contribution in [2.45, 2.75) is 47.0 Å². The fourth-order valence-corrected chi connectivity index (χ4v) is 3.40. The van der Waals surface area contributed by atoms with Crippen LogP contribution >= 0.6 is 0 Å². The van der Waals surface area contributed by atoms with Crippen molar-refractivity contribution in [3.63, 3.8) is 0 Å². The first kappa shape index (κ1) is 11.0. The predicted molar refractivity (Wildman–Crippen MR) is 66.7 cm³/mol. The summed E-state index contributed by atoms with van der Waals surface area (Å²) in [5.74, 6) is 2.32. The van der Waals surface area contributed by atoms with Crippen LogP contribution in [0.2, 0.25) is 0 Å². The van der Waals surface area contributed by atoms with E-state index in [4.69, 9.17) is 0 Å². The van der Waals surface area contributed by atoms with E-state index < -0.39 is 0 Å². The lowest BCUT2D eigenvalue weighted by molar-refractivity contribution is 0.257. The lowest BCUT2D eigenvalue weighted by atomic mass is 9.65. The van der Waals surface area contributed by atoms with Crippen molar-refractivity contribution >= 4 is 0 Å². The molecular weight excluding hydrogens is 180 g/mol. The van der Waals surface area contributed by atoms with E-state index in [0.717, 1.165) is 11.8 Å². The third-order valence-corrected chi connectivity index (χ3v) is 4.47. The van der Waals surface area contributed by atoms with Crippen molar-refractivity contribution in [2.24, 2.45) is 23.2 Å². The van der Waals surface area contributed by atoms with Gasteiger partial charge in [0.2, 0.25) is 0 Å². The Labute approximate surface area is 94.5 Å². The molecule has 3 atom stereocenters. The van der Waals surface area contributed by atoms with Crippen LogP contribution < -0.4 is 0 Å². The van der Waals surface area contributed by atoms with Gasteiger partial charge in [-0.1, -0.05) is 51.5 Å². The van der Waals surface area contributed by atoms with Crippen molar-refractivity contribution in [3.8, 4) is 0 Å². The van der Waals surface area contributed by atoms with Crippen LogP contribution in [-0.4, -0.2) is 0 Å². The first-order valence-corrected chi connectivity index (χ1v) is 6.46. The molecule has 0 heterocycles. The molecule has 2 rings (SSSR count). The first-order valence-electron chi connectivity index (χ1n) is 6.46. The molecule has 0 radical (unpaired) electrons. The maximum atomic E-state index is 2.53. The van der Waals surface area contributed by atoms with Crippen molar-refractivity contribution < 1.29 is 0 Å². The van der Waals surface area contributed by atoms with E-state index in [1.54, 1.807) is 5.57 Å². The van der Waals surface area contributed by atoms with Gasteiger partial charge in [0.05, 0.1) is 0 Å². The summed E-state index contributed by atoms with van der Waals surface area (Å²) in [4.78, 5) is 0. The van der Waals surface area contributed by atoms with Gasteiger partial charge in [0, 0.05) is 5.41 Å². The van der Waals surface area contributed by atoms with Gasteiger partial charge in [-0.15, -0.1) is 0 Å². The van der Waals surface area contributed by atoms with Crippen molar-refractivity contribution in [1.29, 1.82) is 0 Å². The molecule has 0 aliphatic heterocycles. The fraction of sp³-hybridized carbons (Fsp3) is 0.733. The molecule has 0 bridgehead atoms. The van der Waals surface area contributed by atoms with Crippen LogP contribution in [0.3, 0.4) is 0 Å². The lowest BCUT2D eigenvalue weighted by Gasteiger charge is -2.39. The zero-order valence-corrected chi connectivity index (χ0v) is 10.6. The van der Waals surface area contributed by atoms with E-state index in [1.807, 2.05) is 0 Å². The van der Waals surface area contributed by atoms with Crippen LogP contribution in [0.25, 0.3) is 0 Å². The van der Waals surface area contributed by atoms with Crippen LogP contribution in [-0.2, 0) is 0 Å². The molecule has 0 aromatic rings. The van der Waals surface area contributed by atoms with Crippen molar-refractivity contribution in [1.82, 2.24) is 0 Å². The molecular formula is C15H24. The third kappa shape index (κ3) is 1.68. The van der Waals surface area contributed by atoms with Crippen LogP contribution in [0.5, 0.6) is 0 Å². The highest BCUT2D eigenvalue weighted by Gasteiger charge is 2.42. The molecule has 0 aromatic heterocycles. The summed E-state index contributed by atoms with van der Waals surface area (Å²) in [7, 11) is 0. The molecule has 0 fully saturated rings. The zero-order chi connectivity index (χ0) is 11.1. The summed E-state index contributed by atoms with van der Waals surface area (Å²) in [5, 5.41) is 0. The topological polar surface area (TPSA) is 0 Å². The summed E-state index contributed by atoms with van der Waals surface area (Å²) in [6, 6.07) is 0. The first-order chi connectivity index (χ1) is 7.06. The smallest absolute Gasteiger partial charge is 0.0122 e. The molecule has 0 saturated carbocycles. The van der Waals surface area contributed by atoms with Crippen LogP contribution in [0, 0.1) is 23.2 Å². The third-order valence-electron chi connectivity index (χ3n) is 4.47. The van der Waals surface area contributed by atoms with Crippen LogP contribution in [0.1, 0.15) is 47.0 Å². The van der Waals surface area contributed by atoms with Gasteiger partial charge in [-0.3, -0.25) is 0 Å². The van der Waals surface area contributed by atoms with Gasteiger partial charge in [-0.05, 0) is 37.0 Å². The molecule has 0 nitrogen and oxygen atoms in total. The number of allylic oxidation sites excluding steroid dienone is 4. The van der Waals surface area contributed by atoms with Gasteiger partial charge in [0.15, 0.2) is 0 Å². The molecule has 0 N–H and O–H groups in total. The Morgan fingerprint density at radius 3 is 2.60 bits per heavy atom. The maximum absolute atomic E-state index is 2.53. The molecule has 15 heavy (non-hydrogen) atoms. The largest absolute Gasteiger partial charge is 0.0848 e. The van der Waals surface area contributed by atoms with Gasteiger partial charge in [0.25, 0.3) is 0 Å². The molecule has 3 unspecified atom stereocenters. The normalized spacial score (nSPS) is 40.2. The van der Waals surface area contributed by atoms with E-state index >= 15 is 0 Å². The molecule has 1 spiro atoms. The van der Waals surface area contributed by atoms with E-state index in [-0.39, 0.29) is 0 Å². The maximum Gasteiger partial charge on any atom is 0.0122 e. The average molecular weight is 204 g/mol. The minimum Gasteiger partial charge on any atom is -0.0848 e. The summed E-state index contributed by atoms with van der Waals surface area (Å²) in [6.45, 7) is 9.45. The molecule has 0 aromatic carbocycles. The van der Waals surface area contributed by atoms with E-state index in [1.165, 1.54) is 19.3 Å². The minimum absolute atomic E-state index is 0.431. The molecule has 2 aliphatic carbocycles. The van der Waals surface area contributed by atoms with Gasteiger partial charge in [0.1, 0.15) is 0 Å². The standard InChI is InChI=1S/C15H24/c1-11(2)14-6-5-13(4)15(14)9-7-12(3)8-10-15/h6-7,9,11-13H,5,8,10H2,1-4H3. The van der Waals surface area contributed by atoms with Gasteiger partial charge in [-0.2, -0.15) is 0 Å². The number of hydrogen-bond donors (Lipinski definition) is 0. The second-order valence-corrected chi connectivity index (χ2v) is 5.87. The summed E-state index contributed by atoms with van der Waals surface area (Å²) < 4.78 is 0. The molecule has 84 valence electrons. The Kier molecular flexibility index (Phi) is 2.79. The molecule has 0 amide bonds. The van der Waals surface area contributed by atoms with E-state index in [9.17, 15) is 0 Å². The fourth-order valence-electron chi connectivity index (χ4n) is 3.40. The summed E-state index contributed by atoms with van der Waals surface area (Å²) in [6.07, 6.45) is 11.5. The summed E-state index contributed by atoms with van der Waals surface area (Å²) in [5.41, 5.74) is 2.14. The Morgan fingerprint density at radius 1 is 1.33 bits per heavy atom. The second kappa shape index (κ2) is 3.81. The zero-order valence-electron chi connectivity index (χ0n) is 10.6. The Balaban J connectivity index is 2.32. The molecule has 2 aliphatic rings. The molecule has 0 saturated heterocycles. The van der Waals surface area contributed by atoms with Gasteiger partial charge < -0.3 is 0 Å². The number of rotatable bonds is 1. The number of hydrogen-bond acceptors (Lipinski definition) is 0. The highest BCUT2D eigenvalue weighted by Crippen LogP contribution is 2.53. The van der Waals surface area contributed by atoms with Crippen molar-refractivity contribution in [3.05, 3.63) is 23.8 Å². The van der Waals surface area contributed by atoms with Gasteiger partial charge >= 0.3 is 0 Å². The Hall–Kier alpha value is -0.520. The van der Waals surface area contributed by atoms with Crippen LogP contribution in [0.15, 0.2) is 23.8 Å². The van der Waals surface area contributed by atoms with Gasteiger partial charge in [-0.25, -0.2) is 0 Å². The van der Waals surface area contributed by atoms with E-state index in [2.05, 4.69) is 45.9 Å². The highest BCUT2D eigenvalue weighted by atomic mass is 14.5. The SMILES string of the molecule is CC1C=CC2(CC1)C(C(C)C)=CCC2C. The lowest BCUT2D eigenvalue weighted by Crippen LogP contribution is -2.30. The average Bonchev–Trinajstić information content (AvgIpc) is 2.50. The monoisotopic (exact) mass is 204 g/mol. The quantitative estimate of drug-likeness (QED) is 0.548. The van der Waals surface area contributed by atoms with Crippen LogP contribution in [0.4, 0.5) is 0 Å². The Bertz CT molecular complexity index is 295. The highest BCUT2D eigenvalue weighted by molar-refractivity contribution is 5.32. The molecule has 0 heteroatoms. The summed E-state index contributed by atoms with van der Waals surface area (Å²) >= 11 is 0. The minimum atomic E-state index is 0.431.